The van der Waals surface area contributed by atoms with Crippen molar-refractivity contribution in [3.63, 3.8) is 0 Å². The first-order valence-corrected chi connectivity index (χ1v) is 8.25. The van der Waals surface area contributed by atoms with Crippen molar-refractivity contribution in [1.29, 1.82) is 0 Å². The first kappa shape index (κ1) is 16.8. The van der Waals surface area contributed by atoms with Gasteiger partial charge in [0.15, 0.2) is 0 Å². The SMILES string of the molecule is C=C1C=CC(=O)N1CCCCC(=O)N1CC[C@@H](C(C)(C)C)C1. The second-order valence-electron chi connectivity index (χ2n) is 7.46. The molecule has 122 valence electrons. The van der Waals surface area contributed by atoms with Gasteiger partial charge in [-0.25, -0.2) is 0 Å². The van der Waals surface area contributed by atoms with E-state index in [4.69, 9.17) is 0 Å². The summed E-state index contributed by atoms with van der Waals surface area (Å²) in [5.41, 5.74) is 1.03. The molecule has 0 saturated carbocycles. The van der Waals surface area contributed by atoms with Crippen LogP contribution in [0.4, 0.5) is 0 Å². The van der Waals surface area contributed by atoms with Crippen molar-refractivity contribution in [2.24, 2.45) is 11.3 Å². The van der Waals surface area contributed by atoms with Gasteiger partial charge in [-0.3, -0.25) is 9.59 Å². The Hall–Kier alpha value is -1.58. The predicted octanol–water partition coefficient (Wildman–Crippen LogP) is 2.96. The Morgan fingerprint density at radius 3 is 2.59 bits per heavy atom. The van der Waals surface area contributed by atoms with Gasteiger partial charge in [0.2, 0.25) is 5.91 Å². The molecule has 1 saturated heterocycles. The van der Waals surface area contributed by atoms with Crippen molar-refractivity contribution >= 4 is 11.8 Å². The van der Waals surface area contributed by atoms with E-state index in [0.717, 1.165) is 38.0 Å². The highest BCUT2D eigenvalue weighted by atomic mass is 16.2. The molecular formula is C18H28N2O2. The third-order valence-electron chi connectivity index (χ3n) is 4.82. The molecule has 0 N–H and O–H groups in total. The largest absolute Gasteiger partial charge is 0.342 e. The highest BCUT2D eigenvalue weighted by molar-refractivity contribution is 5.92. The van der Waals surface area contributed by atoms with E-state index in [9.17, 15) is 9.59 Å². The lowest BCUT2D eigenvalue weighted by atomic mass is 9.80. The minimum atomic E-state index is 0.00360. The lowest BCUT2D eigenvalue weighted by Gasteiger charge is -2.27. The number of carbonyl (C=O) groups is 2. The zero-order valence-electron chi connectivity index (χ0n) is 14.1. The molecular weight excluding hydrogens is 276 g/mol. The van der Waals surface area contributed by atoms with Gasteiger partial charge in [0.05, 0.1) is 0 Å². The molecule has 0 aromatic rings. The molecule has 22 heavy (non-hydrogen) atoms. The van der Waals surface area contributed by atoms with Crippen LogP contribution in [0.3, 0.4) is 0 Å². The molecule has 2 aliphatic heterocycles. The number of hydrogen-bond acceptors (Lipinski definition) is 2. The summed E-state index contributed by atoms with van der Waals surface area (Å²) in [5, 5.41) is 0. The van der Waals surface area contributed by atoms with E-state index in [1.54, 1.807) is 17.1 Å². The lowest BCUT2D eigenvalue weighted by molar-refractivity contribution is -0.130. The van der Waals surface area contributed by atoms with E-state index in [0.29, 0.717) is 18.9 Å². The first-order chi connectivity index (χ1) is 10.3. The third kappa shape index (κ3) is 3.99. The quantitative estimate of drug-likeness (QED) is 0.733. The maximum absolute atomic E-state index is 12.3. The maximum atomic E-state index is 12.3. The third-order valence-corrected chi connectivity index (χ3v) is 4.82. The van der Waals surface area contributed by atoms with Crippen molar-refractivity contribution in [3.8, 4) is 0 Å². The molecule has 0 radical (unpaired) electrons. The van der Waals surface area contributed by atoms with Crippen molar-refractivity contribution in [3.05, 3.63) is 24.4 Å². The van der Waals surface area contributed by atoms with Gasteiger partial charge in [-0.2, -0.15) is 0 Å². The molecule has 0 aromatic heterocycles. The Labute approximate surface area is 133 Å². The van der Waals surface area contributed by atoms with Gasteiger partial charge in [0.1, 0.15) is 0 Å². The molecule has 0 bridgehead atoms. The van der Waals surface area contributed by atoms with E-state index >= 15 is 0 Å². The molecule has 0 unspecified atom stereocenters. The molecule has 2 heterocycles. The second-order valence-corrected chi connectivity index (χ2v) is 7.46. The van der Waals surface area contributed by atoms with Gasteiger partial charge in [-0.1, -0.05) is 27.4 Å². The van der Waals surface area contributed by atoms with Crippen LogP contribution in [0, 0.1) is 11.3 Å². The van der Waals surface area contributed by atoms with Crippen LogP contribution in [0.25, 0.3) is 0 Å². The normalized spacial score (nSPS) is 22.0. The monoisotopic (exact) mass is 304 g/mol. The van der Waals surface area contributed by atoms with Gasteiger partial charge in [0.25, 0.3) is 5.91 Å². The average molecular weight is 304 g/mol. The van der Waals surface area contributed by atoms with Crippen LogP contribution in [0.5, 0.6) is 0 Å². The highest BCUT2D eigenvalue weighted by Gasteiger charge is 2.33. The van der Waals surface area contributed by atoms with E-state index in [2.05, 4.69) is 27.4 Å². The summed E-state index contributed by atoms with van der Waals surface area (Å²) >= 11 is 0. The number of likely N-dealkylation sites (tertiary alicyclic amines) is 1. The van der Waals surface area contributed by atoms with E-state index in [-0.39, 0.29) is 17.2 Å². The summed E-state index contributed by atoms with van der Waals surface area (Å²) in [4.78, 5) is 27.5. The number of rotatable bonds is 5. The number of amides is 2. The van der Waals surface area contributed by atoms with Crippen LogP contribution in [-0.4, -0.2) is 41.2 Å². The number of unbranched alkanes of at least 4 members (excludes halogenated alkanes) is 1. The number of nitrogens with zero attached hydrogens (tertiary/aromatic N) is 2. The smallest absolute Gasteiger partial charge is 0.251 e. The fraction of sp³-hybridized carbons (Fsp3) is 0.667. The number of allylic oxidation sites excluding steroid dienone is 1. The Kier molecular flexibility index (Phi) is 5.09. The van der Waals surface area contributed by atoms with E-state index < -0.39 is 0 Å². The van der Waals surface area contributed by atoms with Crippen molar-refractivity contribution in [2.75, 3.05) is 19.6 Å². The Morgan fingerprint density at radius 1 is 1.32 bits per heavy atom. The van der Waals surface area contributed by atoms with Gasteiger partial charge >= 0.3 is 0 Å². The van der Waals surface area contributed by atoms with Crippen LogP contribution in [0.15, 0.2) is 24.4 Å². The Bertz CT molecular complexity index is 470. The van der Waals surface area contributed by atoms with Gasteiger partial charge in [0, 0.05) is 37.8 Å². The zero-order valence-corrected chi connectivity index (χ0v) is 14.1. The molecule has 2 rings (SSSR count). The van der Waals surface area contributed by atoms with Crippen molar-refractivity contribution < 1.29 is 9.59 Å². The predicted molar refractivity (Wildman–Crippen MR) is 88.0 cm³/mol. The highest BCUT2D eigenvalue weighted by Crippen LogP contribution is 2.33. The molecule has 1 fully saturated rings. The molecule has 0 aliphatic carbocycles. The summed E-state index contributed by atoms with van der Waals surface area (Å²) in [5.74, 6) is 0.869. The standard InChI is InChI=1S/C18H28N2O2/c1-14-8-9-17(22)20(14)11-6-5-7-16(21)19-12-10-15(13-19)18(2,3)4/h8-9,15H,1,5-7,10-13H2,2-4H3/t15-/m1/s1. The second kappa shape index (κ2) is 6.67. The molecule has 4 nitrogen and oxygen atoms in total. The summed E-state index contributed by atoms with van der Waals surface area (Å²) in [6.07, 6.45) is 6.65. The van der Waals surface area contributed by atoms with Crippen LogP contribution in [0.2, 0.25) is 0 Å². The van der Waals surface area contributed by atoms with E-state index in [1.165, 1.54) is 0 Å². The van der Waals surface area contributed by atoms with Gasteiger partial charge < -0.3 is 9.80 Å². The molecule has 4 heteroatoms. The average Bonchev–Trinajstić information content (AvgIpc) is 3.04. The fourth-order valence-electron chi connectivity index (χ4n) is 3.14. The van der Waals surface area contributed by atoms with Crippen LogP contribution < -0.4 is 0 Å². The number of hydrogen-bond donors (Lipinski definition) is 0. The van der Waals surface area contributed by atoms with Crippen LogP contribution >= 0.6 is 0 Å². The van der Waals surface area contributed by atoms with E-state index in [1.807, 2.05) is 4.90 Å². The lowest BCUT2D eigenvalue weighted by Crippen LogP contribution is -2.31. The Morgan fingerprint density at radius 2 is 2.05 bits per heavy atom. The summed E-state index contributed by atoms with van der Waals surface area (Å²) < 4.78 is 0. The van der Waals surface area contributed by atoms with Gasteiger partial charge in [-0.15, -0.1) is 0 Å². The van der Waals surface area contributed by atoms with Gasteiger partial charge in [-0.05, 0) is 36.7 Å². The van der Waals surface area contributed by atoms with Crippen LogP contribution in [0.1, 0.15) is 46.5 Å². The van der Waals surface area contributed by atoms with Crippen LogP contribution in [-0.2, 0) is 9.59 Å². The molecule has 2 amide bonds. The summed E-state index contributed by atoms with van der Waals surface area (Å²) in [6, 6.07) is 0. The molecule has 0 spiro atoms. The van der Waals surface area contributed by atoms with Crippen molar-refractivity contribution in [1.82, 2.24) is 9.80 Å². The molecule has 2 aliphatic rings. The summed E-state index contributed by atoms with van der Waals surface area (Å²) in [6.45, 7) is 13.0. The number of carbonyl (C=O) groups excluding carboxylic acids is 2. The van der Waals surface area contributed by atoms with Crippen molar-refractivity contribution in [2.45, 2.75) is 46.5 Å². The maximum Gasteiger partial charge on any atom is 0.251 e. The Balaban J connectivity index is 1.67. The topological polar surface area (TPSA) is 40.6 Å². The molecule has 1 atom stereocenters. The first-order valence-electron chi connectivity index (χ1n) is 8.25. The zero-order chi connectivity index (χ0) is 16.3. The molecule has 0 aromatic carbocycles. The fourth-order valence-corrected chi connectivity index (χ4v) is 3.14. The summed E-state index contributed by atoms with van der Waals surface area (Å²) in [7, 11) is 0. The minimum absolute atomic E-state index is 0.00360. The minimum Gasteiger partial charge on any atom is -0.342 e.